The molecule has 5 heteroatoms. The minimum atomic E-state index is -0.344. The second-order valence-corrected chi connectivity index (χ2v) is 9.41. The fourth-order valence-electron chi connectivity index (χ4n) is 5.08. The molecule has 1 aliphatic heterocycles. The lowest BCUT2D eigenvalue weighted by atomic mass is 9.71. The van der Waals surface area contributed by atoms with Gasteiger partial charge in [0.1, 0.15) is 11.9 Å². The van der Waals surface area contributed by atoms with Gasteiger partial charge in [-0.2, -0.15) is 0 Å². The molecule has 1 amide bonds. The highest BCUT2D eigenvalue weighted by atomic mass is 16.5. The number of ether oxygens (including phenoxy) is 1. The first kappa shape index (κ1) is 19.9. The summed E-state index contributed by atoms with van der Waals surface area (Å²) < 4.78 is 6.28. The maximum absolute atomic E-state index is 13.5. The first-order valence-electron chi connectivity index (χ1n) is 11.0. The summed E-state index contributed by atoms with van der Waals surface area (Å²) >= 11 is 0. The van der Waals surface area contributed by atoms with Crippen molar-refractivity contribution < 1.29 is 14.3 Å². The summed E-state index contributed by atoms with van der Waals surface area (Å²) in [6.45, 7) is 9.46. The molecule has 2 aliphatic rings. The third kappa shape index (κ3) is 3.14. The largest absolute Gasteiger partial charge is 0.490 e. The number of likely N-dealkylation sites (tertiary alicyclic amines) is 1. The Bertz CT molecular complexity index is 1210. The average Bonchev–Trinajstić information content (AvgIpc) is 3.12. The van der Waals surface area contributed by atoms with Crippen molar-refractivity contribution in [3.8, 4) is 5.75 Å². The number of hydrogen-bond acceptors (Lipinski definition) is 3. The summed E-state index contributed by atoms with van der Waals surface area (Å²) in [6, 6.07) is 12.1. The molecule has 3 aromatic rings. The SMILES string of the molecule is CC(=O)N1CCC(Oc2ccc3c(c2)C(C)(C)c2[nH]c4cc(C)ccc4c2C3=O)CC1. The van der Waals surface area contributed by atoms with Crippen LogP contribution in [0.15, 0.2) is 36.4 Å². The van der Waals surface area contributed by atoms with Crippen molar-refractivity contribution in [3.05, 3.63) is 64.3 Å². The predicted molar refractivity (Wildman–Crippen MR) is 121 cm³/mol. The Kier molecular flexibility index (Phi) is 4.47. The van der Waals surface area contributed by atoms with E-state index in [0.717, 1.165) is 65.0 Å². The third-order valence-corrected chi connectivity index (χ3v) is 6.91. The van der Waals surface area contributed by atoms with Gasteiger partial charge in [-0.05, 0) is 42.3 Å². The Morgan fingerprint density at radius 2 is 1.87 bits per heavy atom. The van der Waals surface area contributed by atoms with Gasteiger partial charge in [-0.15, -0.1) is 0 Å². The van der Waals surface area contributed by atoms with Crippen molar-refractivity contribution in [3.63, 3.8) is 0 Å². The third-order valence-electron chi connectivity index (χ3n) is 6.91. The fraction of sp³-hybridized carbons (Fsp3) is 0.385. The van der Waals surface area contributed by atoms with Crippen LogP contribution in [0.2, 0.25) is 0 Å². The zero-order valence-electron chi connectivity index (χ0n) is 18.5. The minimum Gasteiger partial charge on any atom is -0.490 e. The second kappa shape index (κ2) is 6.98. The molecule has 31 heavy (non-hydrogen) atoms. The van der Waals surface area contributed by atoms with Crippen LogP contribution in [0.1, 0.15) is 66.4 Å². The number of nitrogens with zero attached hydrogens (tertiary/aromatic N) is 1. The molecule has 1 aromatic heterocycles. The van der Waals surface area contributed by atoms with Crippen molar-refractivity contribution >= 4 is 22.6 Å². The number of amides is 1. The maximum Gasteiger partial charge on any atom is 0.219 e. The van der Waals surface area contributed by atoms with E-state index < -0.39 is 0 Å². The number of aromatic nitrogens is 1. The summed E-state index contributed by atoms with van der Waals surface area (Å²) in [5.41, 5.74) is 5.33. The van der Waals surface area contributed by atoms with E-state index >= 15 is 0 Å². The van der Waals surface area contributed by atoms with Gasteiger partial charge in [0.15, 0.2) is 5.78 Å². The highest BCUT2D eigenvalue weighted by Crippen LogP contribution is 2.44. The number of ketones is 1. The van der Waals surface area contributed by atoms with Crippen LogP contribution in [0.3, 0.4) is 0 Å². The van der Waals surface area contributed by atoms with Crippen molar-refractivity contribution in [2.75, 3.05) is 13.1 Å². The quantitative estimate of drug-likeness (QED) is 0.657. The molecule has 1 aliphatic carbocycles. The van der Waals surface area contributed by atoms with Gasteiger partial charge in [0, 0.05) is 60.4 Å². The van der Waals surface area contributed by atoms with E-state index in [1.165, 1.54) is 5.56 Å². The monoisotopic (exact) mass is 416 g/mol. The van der Waals surface area contributed by atoms with E-state index in [1.54, 1.807) is 6.92 Å². The first-order chi connectivity index (χ1) is 14.8. The number of carbonyl (C=O) groups excluding carboxylic acids is 2. The molecule has 0 bridgehead atoms. The summed E-state index contributed by atoms with van der Waals surface area (Å²) in [6.07, 6.45) is 1.73. The Balaban J connectivity index is 1.48. The van der Waals surface area contributed by atoms with Crippen LogP contribution < -0.4 is 4.74 Å². The van der Waals surface area contributed by atoms with Crippen LogP contribution in [-0.4, -0.2) is 40.8 Å². The van der Waals surface area contributed by atoms with Crippen molar-refractivity contribution in [2.45, 2.75) is 52.1 Å². The Labute approximate surface area is 182 Å². The smallest absolute Gasteiger partial charge is 0.219 e. The van der Waals surface area contributed by atoms with Gasteiger partial charge in [-0.25, -0.2) is 0 Å². The zero-order valence-corrected chi connectivity index (χ0v) is 18.5. The number of benzene rings is 2. The highest BCUT2D eigenvalue weighted by Gasteiger charge is 2.40. The number of hydrogen-bond donors (Lipinski definition) is 1. The average molecular weight is 417 g/mol. The molecule has 5 nitrogen and oxygen atoms in total. The Morgan fingerprint density at radius 3 is 2.58 bits per heavy atom. The molecule has 1 fully saturated rings. The van der Waals surface area contributed by atoms with Crippen LogP contribution in [0.4, 0.5) is 0 Å². The van der Waals surface area contributed by atoms with Crippen LogP contribution in [-0.2, 0) is 10.2 Å². The lowest BCUT2D eigenvalue weighted by Crippen LogP contribution is -2.40. The van der Waals surface area contributed by atoms with E-state index in [1.807, 2.05) is 29.2 Å². The number of aromatic amines is 1. The molecule has 1 saturated heterocycles. The molecule has 160 valence electrons. The van der Waals surface area contributed by atoms with Gasteiger partial charge >= 0.3 is 0 Å². The number of aryl methyl sites for hydroxylation is 1. The van der Waals surface area contributed by atoms with Gasteiger partial charge in [-0.3, -0.25) is 9.59 Å². The molecule has 0 atom stereocenters. The molecular weight excluding hydrogens is 388 g/mol. The highest BCUT2D eigenvalue weighted by molar-refractivity contribution is 6.20. The van der Waals surface area contributed by atoms with Gasteiger partial charge in [0.25, 0.3) is 0 Å². The summed E-state index contributed by atoms with van der Waals surface area (Å²) in [5, 5.41) is 0.988. The van der Waals surface area contributed by atoms with Crippen molar-refractivity contribution in [2.24, 2.45) is 0 Å². The van der Waals surface area contributed by atoms with E-state index in [-0.39, 0.29) is 23.2 Å². The minimum absolute atomic E-state index is 0.0701. The van der Waals surface area contributed by atoms with Crippen molar-refractivity contribution in [1.29, 1.82) is 0 Å². The predicted octanol–water partition coefficient (Wildman–Crippen LogP) is 4.74. The summed E-state index contributed by atoms with van der Waals surface area (Å²) in [4.78, 5) is 30.4. The van der Waals surface area contributed by atoms with Crippen LogP contribution in [0, 0.1) is 6.92 Å². The van der Waals surface area contributed by atoms with Gasteiger partial charge in [0.2, 0.25) is 5.91 Å². The fourth-order valence-corrected chi connectivity index (χ4v) is 5.08. The molecule has 0 spiro atoms. The lowest BCUT2D eigenvalue weighted by Gasteiger charge is -2.34. The van der Waals surface area contributed by atoms with E-state index in [4.69, 9.17) is 4.74 Å². The number of rotatable bonds is 2. The number of carbonyl (C=O) groups is 2. The normalized spacial score (nSPS) is 18.1. The van der Waals surface area contributed by atoms with Crippen LogP contribution in [0.5, 0.6) is 5.75 Å². The molecular formula is C26H28N2O3. The Morgan fingerprint density at radius 1 is 1.13 bits per heavy atom. The first-order valence-corrected chi connectivity index (χ1v) is 11.0. The summed E-state index contributed by atoms with van der Waals surface area (Å²) in [7, 11) is 0. The van der Waals surface area contributed by atoms with Crippen molar-refractivity contribution in [1.82, 2.24) is 9.88 Å². The summed E-state index contributed by atoms with van der Waals surface area (Å²) in [5.74, 6) is 0.980. The second-order valence-electron chi connectivity index (χ2n) is 9.41. The standard InChI is InChI=1S/C26H28N2O3/c1-15-5-7-20-22(13-15)27-25-23(20)24(30)19-8-6-18(14-21(19)26(25,3)4)31-17-9-11-28(12-10-17)16(2)29/h5-8,13-14,17,27H,9-12H2,1-4H3. The molecule has 0 unspecified atom stereocenters. The van der Waals surface area contributed by atoms with Crippen LogP contribution >= 0.6 is 0 Å². The lowest BCUT2D eigenvalue weighted by molar-refractivity contribution is -0.130. The zero-order chi connectivity index (χ0) is 21.9. The molecule has 2 heterocycles. The Hall–Kier alpha value is -3.08. The number of H-pyrrole nitrogens is 1. The van der Waals surface area contributed by atoms with E-state index in [9.17, 15) is 9.59 Å². The number of piperidine rings is 1. The van der Waals surface area contributed by atoms with Gasteiger partial charge < -0.3 is 14.6 Å². The van der Waals surface area contributed by atoms with Gasteiger partial charge in [0.05, 0.1) is 5.56 Å². The maximum atomic E-state index is 13.5. The van der Waals surface area contributed by atoms with Gasteiger partial charge in [-0.1, -0.05) is 26.0 Å². The molecule has 5 rings (SSSR count). The number of nitrogens with one attached hydrogen (secondary N) is 1. The molecule has 2 aromatic carbocycles. The van der Waals surface area contributed by atoms with E-state index in [0.29, 0.717) is 0 Å². The van der Waals surface area contributed by atoms with E-state index in [2.05, 4.69) is 37.9 Å². The molecule has 1 N–H and O–H groups in total. The topological polar surface area (TPSA) is 62.4 Å². The molecule has 0 radical (unpaired) electrons. The number of fused-ring (bicyclic) bond motifs is 4. The van der Waals surface area contributed by atoms with Crippen LogP contribution in [0.25, 0.3) is 10.9 Å². The molecule has 0 saturated carbocycles.